The third-order valence-electron chi connectivity index (χ3n) is 4.41. The van der Waals surface area contributed by atoms with Gasteiger partial charge in [-0.25, -0.2) is 4.98 Å². The van der Waals surface area contributed by atoms with Gasteiger partial charge in [0.05, 0.1) is 0 Å². The van der Waals surface area contributed by atoms with E-state index >= 15 is 0 Å². The fourth-order valence-electron chi connectivity index (χ4n) is 2.92. The van der Waals surface area contributed by atoms with Crippen LogP contribution in [-0.4, -0.2) is 79.0 Å². The molecule has 0 bridgehead atoms. The summed E-state index contributed by atoms with van der Waals surface area (Å²) in [6, 6.07) is 9.63. The van der Waals surface area contributed by atoms with E-state index in [4.69, 9.17) is 0 Å². The summed E-state index contributed by atoms with van der Waals surface area (Å²) < 4.78 is 0. The summed E-state index contributed by atoms with van der Waals surface area (Å²) >= 11 is 0. The molecule has 7 nitrogen and oxygen atoms in total. The summed E-state index contributed by atoms with van der Waals surface area (Å²) in [4.78, 5) is 27.6. The van der Waals surface area contributed by atoms with E-state index in [1.807, 2.05) is 49.3 Å². The first-order valence-corrected chi connectivity index (χ1v) is 8.93. The monoisotopic (exact) mass is 354 g/mol. The number of hydrogen-bond acceptors (Lipinski definition) is 6. The summed E-state index contributed by atoms with van der Waals surface area (Å²) in [5.74, 6) is 0.951. The van der Waals surface area contributed by atoms with Crippen LogP contribution in [0.15, 0.2) is 42.7 Å². The van der Waals surface area contributed by atoms with Crippen molar-refractivity contribution in [2.75, 3.05) is 63.6 Å². The molecule has 0 aliphatic carbocycles. The van der Waals surface area contributed by atoms with Gasteiger partial charge < -0.3 is 20.0 Å². The normalized spacial score (nSPS) is 14.6. The number of carbonyl (C=O) groups excluding carboxylic acids is 1. The average molecular weight is 354 g/mol. The van der Waals surface area contributed by atoms with Crippen molar-refractivity contribution >= 4 is 17.4 Å². The van der Waals surface area contributed by atoms with Gasteiger partial charge >= 0.3 is 0 Å². The van der Waals surface area contributed by atoms with Gasteiger partial charge in [-0.15, -0.1) is 0 Å². The van der Waals surface area contributed by atoms with Crippen molar-refractivity contribution < 1.29 is 4.79 Å². The van der Waals surface area contributed by atoms with Gasteiger partial charge in [-0.2, -0.15) is 0 Å². The van der Waals surface area contributed by atoms with Crippen LogP contribution in [-0.2, 0) is 0 Å². The summed E-state index contributed by atoms with van der Waals surface area (Å²) in [5.41, 5.74) is 1.42. The molecule has 0 atom stereocenters. The van der Waals surface area contributed by atoms with E-state index in [1.54, 1.807) is 12.4 Å². The molecule has 1 fully saturated rings. The Kier molecular flexibility index (Phi) is 6.01. The van der Waals surface area contributed by atoms with Gasteiger partial charge in [-0.3, -0.25) is 9.78 Å². The standard InChI is InChI=1S/C19H26N6O/c1-23(2)10-9-20-16-6-8-21-17(15-16)19(26)25-13-11-24(12-14-25)18-5-3-4-7-22-18/h3-8,15H,9-14H2,1-2H3,(H,20,21). The number of nitrogens with one attached hydrogen (secondary N) is 1. The molecule has 1 saturated heterocycles. The lowest BCUT2D eigenvalue weighted by atomic mass is 10.2. The Morgan fingerprint density at radius 1 is 1.12 bits per heavy atom. The van der Waals surface area contributed by atoms with Crippen LogP contribution < -0.4 is 10.2 Å². The van der Waals surface area contributed by atoms with Gasteiger partial charge in [0, 0.05) is 57.3 Å². The van der Waals surface area contributed by atoms with Gasteiger partial charge in [0.1, 0.15) is 11.5 Å². The van der Waals surface area contributed by atoms with Gasteiger partial charge in [-0.1, -0.05) is 6.07 Å². The Morgan fingerprint density at radius 2 is 1.92 bits per heavy atom. The molecule has 0 unspecified atom stereocenters. The fraction of sp³-hybridized carbons (Fsp3) is 0.421. The molecule has 2 aromatic rings. The van der Waals surface area contributed by atoms with Crippen LogP contribution in [0.2, 0.25) is 0 Å². The molecular weight excluding hydrogens is 328 g/mol. The van der Waals surface area contributed by atoms with Crippen molar-refractivity contribution in [3.63, 3.8) is 0 Å². The van der Waals surface area contributed by atoms with Crippen LogP contribution in [0.1, 0.15) is 10.5 Å². The summed E-state index contributed by atoms with van der Waals surface area (Å²) in [5, 5.41) is 3.33. The SMILES string of the molecule is CN(C)CCNc1ccnc(C(=O)N2CCN(c3ccccn3)CC2)c1. The molecule has 1 aliphatic rings. The van der Waals surface area contributed by atoms with E-state index in [2.05, 4.69) is 25.1 Å². The average Bonchev–Trinajstić information content (AvgIpc) is 2.68. The zero-order valence-electron chi connectivity index (χ0n) is 15.4. The Labute approximate surface area is 154 Å². The molecule has 1 aliphatic heterocycles. The van der Waals surface area contributed by atoms with Gasteiger partial charge in [0.2, 0.25) is 0 Å². The van der Waals surface area contributed by atoms with Crippen molar-refractivity contribution in [2.45, 2.75) is 0 Å². The highest BCUT2D eigenvalue weighted by Gasteiger charge is 2.23. The smallest absolute Gasteiger partial charge is 0.272 e. The molecule has 0 aromatic carbocycles. The first-order chi connectivity index (χ1) is 12.6. The lowest BCUT2D eigenvalue weighted by Crippen LogP contribution is -2.49. The van der Waals surface area contributed by atoms with Crippen LogP contribution >= 0.6 is 0 Å². The molecule has 3 heterocycles. The minimum atomic E-state index is -0.0121. The molecule has 1 N–H and O–H groups in total. The Balaban J connectivity index is 1.56. The van der Waals surface area contributed by atoms with Crippen LogP contribution in [0, 0.1) is 0 Å². The summed E-state index contributed by atoms with van der Waals surface area (Å²) in [7, 11) is 4.07. The number of anilines is 2. The number of pyridine rings is 2. The molecule has 7 heteroatoms. The molecular formula is C19H26N6O. The van der Waals surface area contributed by atoms with Crippen LogP contribution in [0.4, 0.5) is 11.5 Å². The molecule has 0 radical (unpaired) electrons. The molecule has 26 heavy (non-hydrogen) atoms. The number of piperazine rings is 1. The van der Waals surface area contributed by atoms with Crippen molar-refractivity contribution in [2.24, 2.45) is 0 Å². The number of likely N-dealkylation sites (N-methyl/N-ethyl adjacent to an activating group) is 1. The molecule has 138 valence electrons. The largest absolute Gasteiger partial charge is 0.384 e. The van der Waals surface area contributed by atoms with E-state index in [9.17, 15) is 4.79 Å². The third kappa shape index (κ3) is 4.70. The predicted molar refractivity (Wildman–Crippen MR) is 104 cm³/mol. The highest BCUT2D eigenvalue weighted by molar-refractivity contribution is 5.93. The number of carbonyl (C=O) groups is 1. The topological polar surface area (TPSA) is 64.6 Å². The highest BCUT2D eigenvalue weighted by atomic mass is 16.2. The van der Waals surface area contributed by atoms with Crippen molar-refractivity contribution in [1.29, 1.82) is 0 Å². The van der Waals surface area contributed by atoms with E-state index in [0.29, 0.717) is 18.8 Å². The number of aromatic nitrogens is 2. The first kappa shape index (κ1) is 18.1. The lowest BCUT2D eigenvalue weighted by molar-refractivity contribution is 0.0740. The summed E-state index contributed by atoms with van der Waals surface area (Å²) in [6.45, 7) is 4.67. The van der Waals surface area contributed by atoms with Gasteiger partial charge in [0.25, 0.3) is 5.91 Å². The number of nitrogens with zero attached hydrogens (tertiary/aromatic N) is 5. The maximum absolute atomic E-state index is 12.8. The minimum absolute atomic E-state index is 0.0121. The lowest BCUT2D eigenvalue weighted by Gasteiger charge is -2.35. The third-order valence-corrected chi connectivity index (χ3v) is 4.41. The second kappa shape index (κ2) is 8.62. The number of hydrogen-bond donors (Lipinski definition) is 1. The van der Waals surface area contributed by atoms with Crippen molar-refractivity contribution in [3.8, 4) is 0 Å². The minimum Gasteiger partial charge on any atom is -0.384 e. The van der Waals surface area contributed by atoms with Crippen LogP contribution in [0.3, 0.4) is 0 Å². The molecule has 0 spiro atoms. The summed E-state index contributed by atoms with van der Waals surface area (Å²) in [6.07, 6.45) is 3.49. The van der Waals surface area contributed by atoms with Crippen LogP contribution in [0.25, 0.3) is 0 Å². The zero-order chi connectivity index (χ0) is 18.4. The Morgan fingerprint density at radius 3 is 2.62 bits per heavy atom. The quantitative estimate of drug-likeness (QED) is 0.846. The highest BCUT2D eigenvalue weighted by Crippen LogP contribution is 2.15. The zero-order valence-corrected chi connectivity index (χ0v) is 15.4. The van der Waals surface area contributed by atoms with Crippen molar-refractivity contribution in [3.05, 3.63) is 48.4 Å². The number of amides is 1. The first-order valence-electron chi connectivity index (χ1n) is 8.93. The van der Waals surface area contributed by atoms with E-state index in [1.165, 1.54) is 0 Å². The molecule has 0 saturated carbocycles. The van der Waals surface area contributed by atoms with Crippen molar-refractivity contribution in [1.82, 2.24) is 19.8 Å². The maximum atomic E-state index is 12.8. The second-order valence-corrected chi connectivity index (χ2v) is 6.63. The number of rotatable bonds is 6. The molecule has 2 aromatic heterocycles. The second-order valence-electron chi connectivity index (χ2n) is 6.63. The Hall–Kier alpha value is -2.67. The fourth-order valence-corrected chi connectivity index (χ4v) is 2.92. The molecule has 3 rings (SSSR count). The Bertz CT molecular complexity index is 713. The van der Waals surface area contributed by atoms with E-state index in [0.717, 1.165) is 37.7 Å². The molecule has 1 amide bonds. The van der Waals surface area contributed by atoms with E-state index in [-0.39, 0.29) is 5.91 Å². The van der Waals surface area contributed by atoms with Crippen LogP contribution in [0.5, 0.6) is 0 Å². The van der Waals surface area contributed by atoms with Gasteiger partial charge in [-0.05, 0) is 38.4 Å². The predicted octanol–water partition coefficient (Wildman–Crippen LogP) is 1.41. The van der Waals surface area contributed by atoms with Gasteiger partial charge in [0.15, 0.2) is 0 Å². The maximum Gasteiger partial charge on any atom is 0.272 e. The van der Waals surface area contributed by atoms with E-state index < -0.39 is 0 Å².